The summed E-state index contributed by atoms with van der Waals surface area (Å²) in [6.07, 6.45) is 5.43. The third-order valence-corrected chi connectivity index (χ3v) is 5.45. The Hall–Kier alpha value is -1.06. The molecule has 1 aliphatic carbocycles. The van der Waals surface area contributed by atoms with E-state index in [1.165, 1.54) is 24.8 Å². The van der Waals surface area contributed by atoms with E-state index in [4.69, 9.17) is 4.74 Å². The van der Waals surface area contributed by atoms with Crippen LogP contribution in [0.25, 0.3) is 0 Å². The lowest BCUT2D eigenvalue weighted by atomic mass is 9.84. The molecule has 0 spiro atoms. The van der Waals surface area contributed by atoms with E-state index in [0.29, 0.717) is 12.1 Å². The molecule has 1 heterocycles. The van der Waals surface area contributed by atoms with Crippen LogP contribution >= 0.6 is 0 Å². The van der Waals surface area contributed by atoms with Gasteiger partial charge in [-0.25, -0.2) is 0 Å². The Morgan fingerprint density at radius 2 is 2.10 bits per heavy atom. The molecule has 1 N–H and O–H groups in total. The SMILES string of the molecule is CCC1CCC(C)N1C1CCc2cc(OC)ccc2C1O. The molecule has 4 atom stereocenters. The fraction of sp³-hybridized carbons (Fsp3) is 0.667. The number of methoxy groups -OCH3 is 1. The topological polar surface area (TPSA) is 32.7 Å². The van der Waals surface area contributed by atoms with Gasteiger partial charge in [-0.1, -0.05) is 13.0 Å². The van der Waals surface area contributed by atoms with Crippen molar-refractivity contribution in [1.82, 2.24) is 4.90 Å². The molecule has 2 aliphatic rings. The van der Waals surface area contributed by atoms with Crippen molar-refractivity contribution >= 4 is 0 Å². The van der Waals surface area contributed by atoms with E-state index in [1.54, 1.807) is 7.11 Å². The summed E-state index contributed by atoms with van der Waals surface area (Å²) in [7, 11) is 1.70. The van der Waals surface area contributed by atoms with E-state index in [0.717, 1.165) is 24.2 Å². The molecule has 1 aromatic carbocycles. The van der Waals surface area contributed by atoms with E-state index in [9.17, 15) is 5.11 Å². The zero-order valence-corrected chi connectivity index (χ0v) is 13.4. The smallest absolute Gasteiger partial charge is 0.119 e. The number of aliphatic hydroxyl groups excluding tert-OH is 1. The normalized spacial score (nSPS) is 33.0. The highest BCUT2D eigenvalue weighted by atomic mass is 16.5. The van der Waals surface area contributed by atoms with Crippen molar-refractivity contribution < 1.29 is 9.84 Å². The van der Waals surface area contributed by atoms with Gasteiger partial charge in [-0.15, -0.1) is 0 Å². The molecule has 0 radical (unpaired) electrons. The number of aliphatic hydroxyl groups is 1. The Labute approximate surface area is 127 Å². The molecule has 1 aliphatic heterocycles. The third kappa shape index (κ3) is 2.58. The minimum Gasteiger partial charge on any atom is -0.497 e. The van der Waals surface area contributed by atoms with Crippen LogP contribution in [0.3, 0.4) is 0 Å². The van der Waals surface area contributed by atoms with Gasteiger partial charge in [0.1, 0.15) is 5.75 Å². The van der Waals surface area contributed by atoms with Crippen molar-refractivity contribution in [3.05, 3.63) is 29.3 Å². The first kappa shape index (κ1) is 14.9. The number of likely N-dealkylation sites (tertiary alicyclic amines) is 1. The van der Waals surface area contributed by atoms with Gasteiger partial charge in [-0.3, -0.25) is 4.90 Å². The van der Waals surface area contributed by atoms with Gasteiger partial charge in [0.05, 0.1) is 13.2 Å². The van der Waals surface area contributed by atoms with Crippen LogP contribution < -0.4 is 4.74 Å². The van der Waals surface area contributed by atoms with Crippen molar-refractivity contribution in [3.63, 3.8) is 0 Å². The van der Waals surface area contributed by atoms with Gasteiger partial charge in [0.15, 0.2) is 0 Å². The summed E-state index contributed by atoms with van der Waals surface area (Å²) >= 11 is 0. The standard InChI is InChI=1S/C18H27NO2/c1-4-14-7-5-12(2)19(14)17-10-6-13-11-15(21-3)8-9-16(13)18(17)20/h8-9,11-12,14,17-18,20H,4-7,10H2,1-3H3. The largest absolute Gasteiger partial charge is 0.497 e. The lowest BCUT2D eigenvalue weighted by Gasteiger charge is -2.41. The number of fused-ring (bicyclic) bond motifs is 1. The average molecular weight is 289 g/mol. The summed E-state index contributed by atoms with van der Waals surface area (Å²) in [5.74, 6) is 0.889. The van der Waals surface area contributed by atoms with Crippen LogP contribution in [-0.4, -0.2) is 35.2 Å². The molecule has 3 rings (SSSR count). The number of benzene rings is 1. The van der Waals surface area contributed by atoms with Crippen LogP contribution in [-0.2, 0) is 6.42 Å². The van der Waals surface area contributed by atoms with Gasteiger partial charge in [0, 0.05) is 18.1 Å². The van der Waals surface area contributed by atoms with Gasteiger partial charge >= 0.3 is 0 Å². The van der Waals surface area contributed by atoms with Gasteiger partial charge in [-0.2, -0.15) is 0 Å². The molecule has 1 saturated heterocycles. The maximum absolute atomic E-state index is 10.9. The van der Waals surface area contributed by atoms with Crippen molar-refractivity contribution in [2.45, 2.75) is 70.2 Å². The second kappa shape index (κ2) is 5.98. The fourth-order valence-electron chi connectivity index (χ4n) is 4.30. The molecule has 0 aromatic heterocycles. The second-order valence-electron chi connectivity index (χ2n) is 6.55. The van der Waals surface area contributed by atoms with Crippen molar-refractivity contribution in [2.24, 2.45) is 0 Å². The molecule has 1 fully saturated rings. The summed E-state index contributed by atoms with van der Waals surface area (Å²) < 4.78 is 5.30. The summed E-state index contributed by atoms with van der Waals surface area (Å²) in [6.45, 7) is 4.58. The van der Waals surface area contributed by atoms with E-state index in [2.05, 4.69) is 24.8 Å². The van der Waals surface area contributed by atoms with Gasteiger partial charge in [0.25, 0.3) is 0 Å². The molecular weight excluding hydrogens is 262 g/mol. The highest BCUT2D eigenvalue weighted by Gasteiger charge is 2.40. The average Bonchev–Trinajstić information content (AvgIpc) is 2.88. The van der Waals surface area contributed by atoms with Crippen LogP contribution in [0.1, 0.15) is 56.8 Å². The number of hydrogen-bond acceptors (Lipinski definition) is 3. The highest BCUT2D eigenvalue weighted by molar-refractivity contribution is 5.39. The van der Waals surface area contributed by atoms with Crippen molar-refractivity contribution in [1.29, 1.82) is 0 Å². The number of hydrogen-bond donors (Lipinski definition) is 1. The molecule has 4 unspecified atom stereocenters. The number of rotatable bonds is 3. The molecule has 1 aromatic rings. The Bertz CT molecular complexity index is 502. The second-order valence-corrected chi connectivity index (χ2v) is 6.55. The maximum Gasteiger partial charge on any atom is 0.119 e. The lowest BCUT2D eigenvalue weighted by Crippen LogP contribution is -2.47. The molecule has 3 nitrogen and oxygen atoms in total. The summed E-state index contributed by atoms with van der Waals surface area (Å²) in [5.41, 5.74) is 2.35. The third-order valence-electron chi connectivity index (χ3n) is 5.45. The molecule has 0 amide bonds. The first-order valence-corrected chi connectivity index (χ1v) is 8.28. The molecular formula is C18H27NO2. The molecule has 3 heteroatoms. The van der Waals surface area contributed by atoms with E-state index < -0.39 is 0 Å². The summed E-state index contributed by atoms with van der Waals surface area (Å²) in [6, 6.07) is 7.60. The zero-order chi connectivity index (χ0) is 15.0. The van der Waals surface area contributed by atoms with Crippen molar-refractivity contribution in [2.75, 3.05) is 7.11 Å². The summed E-state index contributed by atoms with van der Waals surface area (Å²) in [4.78, 5) is 2.60. The fourth-order valence-corrected chi connectivity index (χ4v) is 4.30. The zero-order valence-electron chi connectivity index (χ0n) is 13.4. The molecule has 0 bridgehead atoms. The maximum atomic E-state index is 10.9. The van der Waals surface area contributed by atoms with Crippen molar-refractivity contribution in [3.8, 4) is 5.75 Å². The molecule has 0 saturated carbocycles. The first-order chi connectivity index (χ1) is 10.2. The Kier molecular flexibility index (Phi) is 4.23. The number of aryl methyl sites for hydroxylation is 1. The highest BCUT2D eigenvalue weighted by Crippen LogP contribution is 2.39. The number of ether oxygens (including phenoxy) is 1. The van der Waals surface area contributed by atoms with Crippen LogP contribution in [0.2, 0.25) is 0 Å². The van der Waals surface area contributed by atoms with Crippen LogP contribution in [0, 0.1) is 0 Å². The Morgan fingerprint density at radius 3 is 2.81 bits per heavy atom. The van der Waals surface area contributed by atoms with Gasteiger partial charge < -0.3 is 9.84 Å². The minimum absolute atomic E-state index is 0.272. The number of nitrogens with zero attached hydrogens (tertiary/aromatic N) is 1. The minimum atomic E-state index is -0.366. The van der Waals surface area contributed by atoms with E-state index in [1.807, 2.05) is 12.1 Å². The van der Waals surface area contributed by atoms with Crippen LogP contribution in [0.15, 0.2) is 18.2 Å². The quantitative estimate of drug-likeness (QED) is 0.926. The predicted molar refractivity (Wildman–Crippen MR) is 84.7 cm³/mol. The van der Waals surface area contributed by atoms with Crippen LogP contribution in [0.4, 0.5) is 0 Å². The lowest BCUT2D eigenvalue weighted by molar-refractivity contribution is 0.0103. The summed E-state index contributed by atoms with van der Waals surface area (Å²) in [5, 5.41) is 10.9. The predicted octanol–water partition coefficient (Wildman–Crippen LogP) is 3.31. The van der Waals surface area contributed by atoms with E-state index in [-0.39, 0.29) is 12.1 Å². The molecule has 21 heavy (non-hydrogen) atoms. The monoisotopic (exact) mass is 289 g/mol. The van der Waals surface area contributed by atoms with Gasteiger partial charge in [0.2, 0.25) is 0 Å². The van der Waals surface area contributed by atoms with E-state index >= 15 is 0 Å². The van der Waals surface area contributed by atoms with Crippen LogP contribution in [0.5, 0.6) is 5.75 Å². The molecule has 116 valence electrons. The van der Waals surface area contributed by atoms with Gasteiger partial charge in [-0.05, 0) is 62.3 Å². The Balaban J connectivity index is 1.86. The first-order valence-electron chi connectivity index (χ1n) is 8.28. The Morgan fingerprint density at radius 1 is 1.29 bits per heavy atom.